The molecule has 1 aliphatic rings. The minimum Gasteiger partial charge on any atom is -0.497 e. The van der Waals surface area contributed by atoms with Crippen LogP contribution in [-0.2, 0) is 23.1 Å². The summed E-state index contributed by atoms with van der Waals surface area (Å²) in [5.74, 6) is 1.13. The smallest absolute Gasteiger partial charge is 0.266 e. The number of benzene rings is 3. The molecule has 0 aliphatic carbocycles. The largest absolute Gasteiger partial charge is 0.497 e. The van der Waals surface area contributed by atoms with Crippen molar-refractivity contribution in [3.63, 3.8) is 0 Å². The van der Waals surface area contributed by atoms with E-state index in [1.54, 1.807) is 49.0 Å². The first kappa shape index (κ1) is 29.2. The Balaban J connectivity index is 1.36. The third kappa shape index (κ3) is 6.62. The van der Waals surface area contributed by atoms with Gasteiger partial charge in [-0.2, -0.15) is 0 Å². The van der Waals surface area contributed by atoms with Gasteiger partial charge in [0.05, 0.1) is 36.4 Å². The van der Waals surface area contributed by atoms with Gasteiger partial charge in [-0.1, -0.05) is 41.9 Å². The molecule has 0 saturated carbocycles. The molecule has 3 aromatic carbocycles. The third-order valence-electron chi connectivity index (χ3n) is 7.21. The first-order chi connectivity index (χ1) is 19.7. The third-order valence-corrected chi connectivity index (χ3v) is 10.2. The molecule has 0 bridgehead atoms. The molecule has 8 nitrogen and oxygen atoms in total. The lowest BCUT2D eigenvalue weighted by atomic mass is 10.0. The second-order valence-electron chi connectivity index (χ2n) is 10.3. The number of hydrogen-bond donors (Lipinski definition) is 1. The van der Waals surface area contributed by atoms with Gasteiger partial charge < -0.3 is 14.8 Å². The van der Waals surface area contributed by atoms with Crippen molar-refractivity contribution >= 4 is 43.8 Å². The van der Waals surface area contributed by atoms with Gasteiger partial charge in [-0.25, -0.2) is 17.7 Å². The first-order valence-electron chi connectivity index (χ1n) is 13.2. The average Bonchev–Trinajstić information content (AvgIpc) is 3.63. The van der Waals surface area contributed by atoms with Gasteiger partial charge in [0.15, 0.2) is 5.13 Å². The van der Waals surface area contributed by atoms with Crippen molar-refractivity contribution in [2.75, 3.05) is 36.9 Å². The normalized spacial score (nSPS) is 17.4. The second-order valence-corrected chi connectivity index (χ2v) is 13.4. The van der Waals surface area contributed by atoms with Crippen LogP contribution < -0.4 is 19.1 Å². The number of hydrogen-bond acceptors (Lipinski definition) is 8. The zero-order valence-corrected chi connectivity index (χ0v) is 25.6. The van der Waals surface area contributed by atoms with Gasteiger partial charge in [-0.3, -0.25) is 4.90 Å². The van der Waals surface area contributed by atoms with E-state index >= 15 is 0 Å². The maximum absolute atomic E-state index is 14.0. The van der Waals surface area contributed by atoms with Crippen LogP contribution in [0.15, 0.2) is 83.2 Å². The Morgan fingerprint density at radius 1 is 1.10 bits per heavy atom. The topological polar surface area (TPSA) is 84.0 Å². The fourth-order valence-corrected chi connectivity index (χ4v) is 7.66. The van der Waals surface area contributed by atoms with Crippen LogP contribution in [0.3, 0.4) is 0 Å². The van der Waals surface area contributed by atoms with E-state index in [2.05, 4.69) is 46.4 Å². The molecular weight excluding hydrogens is 580 g/mol. The molecule has 41 heavy (non-hydrogen) atoms. The Morgan fingerprint density at radius 3 is 2.59 bits per heavy atom. The van der Waals surface area contributed by atoms with Crippen LogP contribution in [0, 0.1) is 0 Å². The molecule has 1 fully saturated rings. The van der Waals surface area contributed by atoms with E-state index in [1.165, 1.54) is 34.4 Å². The molecule has 1 saturated heterocycles. The zero-order valence-electron chi connectivity index (χ0n) is 23.2. The maximum Gasteiger partial charge on any atom is 0.266 e. The first-order valence-corrected chi connectivity index (χ1v) is 15.9. The van der Waals surface area contributed by atoms with Gasteiger partial charge >= 0.3 is 0 Å². The summed E-state index contributed by atoms with van der Waals surface area (Å²) in [7, 11) is -0.908. The Bertz CT molecular complexity index is 1590. The molecule has 1 aliphatic heterocycles. The number of nitrogens with zero attached hydrogens (tertiary/aromatic N) is 3. The molecule has 11 heteroatoms. The molecule has 1 aromatic heterocycles. The predicted octanol–water partition coefficient (Wildman–Crippen LogP) is 6.29. The highest BCUT2D eigenvalue weighted by molar-refractivity contribution is 7.93. The number of anilines is 2. The fourth-order valence-electron chi connectivity index (χ4n) is 5.08. The lowest BCUT2D eigenvalue weighted by Gasteiger charge is -2.28. The summed E-state index contributed by atoms with van der Waals surface area (Å²) >= 11 is 7.95. The summed E-state index contributed by atoms with van der Waals surface area (Å²) in [6.45, 7) is 4.88. The summed E-state index contributed by atoms with van der Waals surface area (Å²) in [6.07, 6.45) is 2.52. The molecule has 5 rings (SSSR count). The molecule has 2 heterocycles. The Hall–Kier alpha value is -3.31. The van der Waals surface area contributed by atoms with E-state index in [0.717, 1.165) is 26.1 Å². The van der Waals surface area contributed by atoms with Gasteiger partial charge in [0.1, 0.15) is 11.5 Å². The maximum atomic E-state index is 14.0. The molecule has 4 aromatic rings. The van der Waals surface area contributed by atoms with E-state index in [0.29, 0.717) is 32.9 Å². The summed E-state index contributed by atoms with van der Waals surface area (Å²) < 4.78 is 40.1. The van der Waals surface area contributed by atoms with Crippen molar-refractivity contribution in [3.05, 3.63) is 94.5 Å². The number of methoxy groups -OCH3 is 2. The molecule has 0 amide bonds. The summed E-state index contributed by atoms with van der Waals surface area (Å²) in [5, 5.41) is 6.01. The summed E-state index contributed by atoms with van der Waals surface area (Å²) in [6, 6.07) is 20.5. The highest BCUT2D eigenvalue weighted by atomic mass is 35.5. The van der Waals surface area contributed by atoms with Crippen LogP contribution in [-0.4, -0.2) is 51.1 Å². The molecule has 0 spiro atoms. The predicted molar refractivity (Wildman–Crippen MR) is 165 cm³/mol. The molecule has 1 N–H and O–H groups in total. The average molecular weight is 613 g/mol. The van der Waals surface area contributed by atoms with Crippen molar-refractivity contribution < 1.29 is 17.9 Å². The Kier molecular flexibility index (Phi) is 8.74. The fraction of sp³-hybridized carbons (Fsp3) is 0.300. The Morgan fingerprint density at radius 2 is 1.90 bits per heavy atom. The van der Waals surface area contributed by atoms with Gasteiger partial charge in [-0.05, 0) is 49.2 Å². The molecule has 1 unspecified atom stereocenters. The van der Waals surface area contributed by atoms with E-state index in [-0.39, 0.29) is 17.0 Å². The van der Waals surface area contributed by atoms with Gasteiger partial charge in [0.2, 0.25) is 0 Å². The number of halogens is 1. The van der Waals surface area contributed by atoms with Crippen molar-refractivity contribution in [3.8, 4) is 11.5 Å². The lowest BCUT2D eigenvalue weighted by Crippen LogP contribution is -2.38. The number of rotatable bonds is 11. The number of aromatic nitrogens is 1. The SMILES string of the molecule is COc1ccc(CN(c2nccs2)S(=O)(=O)c2ccc(NC3(C)CCN(Cc4ccccc4)C3)c(Cl)c2)c(OC)c1. The highest BCUT2D eigenvalue weighted by Gasteiger charge is 2.35. The molecule has 0 radical (unpaired) electrons. The van der Waals surface area contributed by atoms with Crippen LogP contribution in [0.4, 0.5) is 10.8 Å². The summed E-state index contributed by atoms with van der Waals surface area (Å²) in [4.78, 5) is 6.79. The van der Waals surface area contributed by atoms with Crippen LogP contribution in [0.25, 0.3) is 0 Å². The number of likely N-dealkylation sites (tertiary alicyclic amines) is 1. The number of sulfonamides is 1. The van der Waals surface area contributed by atoms with Gasteiger partial charge in [-0.15, -0.1) is 11.3 Å². The van der Waals surface area contributed by atoms with Crippen molar-refractivity contribution in [1.29, 1.82) is 0 Å². The van der Waals surface area contributed by atoms with Crippen LogP contribution in [0.5, 0.6) is 11.5 Å². The number of ether oxygens (including phenoxy) is 2. The lowest BCUT2D eigenvalue weighted by molar-refractivity contribution is 0.315. The highest BCUT2D eigenvalue weighted by Crippen LogP contribution is 2.35. The monoisotopic (exact) mass is 612 g/mol. The minimum absolute atomic E-state index is 0.0238. The van der Waals surface area contributed by atoms with Crippen LogP contribution in [0.2, 0.25) is 5.02 Å². The molecule has 1 atom stereocenters. The standard InChI is InChI=1S/C30H33ClN4O4S2/c1-30(13-15-34(21-30)19-22-7-5-4-6-8-22)33-27-12-11-25(18-26(27)31)41(36,37)35(29-32-14-16-40-29)20-23-9-10-24(38-2)17-28(23)39-3/h4-12,14,16-18,33H,13,15,19-21H2,1-3H3. The van der Waals surface area contributed by atoms with E-state index in [1.807, 2.05) is 6.07 Å². The minimum atomic E-state index is -4.01. The second kappa shape index (κ2) is 12.3. The van der Waals surface area contributed by atoms with Crippen LogP contribution >= 0.6 is 22.9 Å². The summed E-state index contributed by atoms with van der Waals surface area (Å²) in [5.41, 5.74) is 2.45. The van der Waals surface area contributed by atoms with Crippen molar-refractivity contribution in [2.24, 2.45) is 0 Å². The molecule has 216 valence electrons. The molecular formula is C30H33ClN4O4S2. The van der Waals surface area contributed by atoms with Gasteiger partial charge in [0, 0.05) is 48.4 Å². The quantitative estimate of drug-likeness (QED) is 0.213. The van der Waals surface area contributed by atoms with E-state index in [9.17, 15) is 8.42 Å². The Labute approximate surface area is 250 Å². The number of nitrogens with one attached hydrogen (secondary N) is 1. The van der Waals surface area contributed by atoms with E-state index < -0.39 is 10.0 Å². The van der Waals surface area contributed by atoms with E-state index in [4.69, 9.17) is 21.1 Å². The van der Waals surface area contributed by atoms with Crippen molar-refractivity contribution in [1.82, 2.24) is 9.88 Å². The number of thiazole rings is 1. The van der Waals surface area contributed by atoms with Crippen LogP contribution in [0.1, 0.15) is 24.5 Å². The van der Waals surface area contributed by atoms with Gasteiger partial charge in [0.25, 0.3) is 10.0 Å². The van der Waals surface area contributed by atoms with Crippen molar-refractivity contribution in [2.45, 2.75) is 36.9 Å². The zero-order chi connectivity index (χ0) is 29.0.